The van der Waals surface area contributed by atoms with Crippen LogP contribution in [0.15, 0.2) is 30.3 Å². The maximum Gasteiger partial charge on any atom is 0.234 e. The monoisotopic (exact) mass is 453 g/mol. The number of benzene rings is 1. The van der Waals surface area contributed by atoms with Crippen LogP contribution in [-0.4, -0.2) is 77.3 Å². The van der Waals surface area contributed by atoms with E-state index in [1.165, 1.54) is 5.56 Å². The molecule has 0 spiro atoms. The first-order valence-corrected chi connectivity index (χ1v) is 11.9. The van der Waals surface area contributed by atoms with E-state index >= 15 is 0 Å². The highest BCUT2D eigenvalue weighted by atomic mass is 16.5. The second-order valence-electron chi connectivity index (χ2n) is 9.08. The lowest BCUT2D eigenvalue weighted by Gasteiger charge is -2.35. The van der Waals surface area contributed by atoms with Crippen molar-refractivity contribution < 1.29 is 14.3 Å². The van der Waals surface area contributed by atoms with Crippen LogP contribution in [0.2, 0.25) is 0 Å². The van der Waals surface area contributed by atoms with Crippen molar-refractivity contribution in [1.82, 2.24) is 24.9 Å². The normalized spacial score (nSPS) is 19.5. The average molecular weight is 454 g/mol. The van der Waals surface area contributed by atoms with Crippen molar-refractivity contribution in [1.29, 1.82) is 0 Å². The van der Waals surface area contributed by atoms with E-state index in [0.29, 0.717) is 52.5 Å². The molecule has 3 heterocycles. The quantitative estimate of drug-likeness (QED) is 0.691. The van der Waals surface area contributed by atoms with Crippen LogP contribution in [0.25, 0.3) is 0 Å². The second kappa shape index (κ2) is 10.9. The molecule has 1 atom stereocenters. The second-order valence-corrected chi connectivity index (χ2v) is 9.08. The van der Waals surface area contributed by atoms with Gasteiger partial charge in [0.05, 0.1) is 37.9 Å². The number of amides is 2. The molecule has 1 N–H and O–H groups in total. The SMILES string of the molecule is Cc1nn(Cc2ccccc2)c(C)c1CNC(=O)CN1CCCC(C(=O)N2CCOCC2)C1. The number of carbonyl (C=O) groups is 2. The van der Waals surface area contributed by atoms with E-state index in [-0.39, 0.29) is 17.7 Å². The molecular weight excluding hydrogens is 418 g/mol. The van der Waals surface area contributed by atoms with Gasteiger partial charge in [0.25, 0.3) is 0 Å². The fourth-order valence-corrected chi connectivity index (χ4v) is 4.79. The number of nitrogens with zero attached hydrogens (tertiary/aromatic N) is 4. The largest absolute Gasteiger partial charge is 0.378 e. The maximum absolute atomic E-state index is 12.8. The number of piperidine rings is 1. The molecule has 0 aliphatic carbocycles. The van der Waals surface area contributed by atoms with Crippen molar-refractivity contribution in [3.8, 4) is 0 Å². The lowest BCUT2D eigenvalue weighted by Crippen LogP contribution is -2.49. The van der Waals surface area contributed by atoms with Crippen LogP contribution in [0.4, 0.5) is 0 Å². The van der Waals surface area contributed by atoms with Crippen LogP contribution in [0, 0.1) is 19.8 Å². The molecule has 0 radical (unpaired) electrons. The van der Waals surface area contributed by atoms with E-state index in [2.05, 4.69) is 34.4 Å². The molecule has 1 aromatic heterocycles. The van der Waals surface area contributed by atoms with Crippen molar-refractivity contribution in [3.63, 3.8) is 0 Å². The zero-order valence-electron chi connectivity index (χ0n) is 19.8. The summed E-state index contributed by atoms with van der Waals surface area (Å²) in [5.41, 5.74) is 4.28. The Morgan fingerprint density at radius 1 is 1.12 bits per heavy atom. The molecule has 0 bridgehead atoms. The predicted octanol–water partition coefficient (Wildman–Crippen LogP) is 1.74. The van der Waals surface area contributed by atoms with Gasteiger partial charge in [0.15, 0.2) is 0 Å². The molecule has 4 rings (SSSR count). The van der Waals surface area contributed by atoms with E-state index in [1.807, 2.05) is 34.7 Å². The van der Waals surface area contributed by atoms with E-state index in [0.717, 1.165) is 36.3 Å². The van der Waals surface area contributed by atoms with Gasteiger partial charge in [-0.25, -0.2) is 0 Å². The van der Waals surface area contributed by atoms with Gasteiger partial charge in [0.2, 0.25) is 11.8 Å². The first-order chi connectivity index (χ1) is 16.0. The van der Waals surface area contributed by atoms with Gasteiger partial charge < -0.3 is 15.0 Å². The van der Waals surface area contributed by atoms with E-state index in [9.17, 15) is 9.59 Å². The molecule has 0 saturated carbocycles. The molecule has 2 saturated heterocycles. The summed E-state index contributed by atoms with van der Waals surface area (Å²) in [5, 5.41) is 7.74. The first-order valence-electron chi connectivity index (χ1n) is 11.9. The molecule has 1 aromatic carbocycles. The van der Waals surface area contributed by atoms with E-state index in [1.54, 1.807) is 0 Å². The van der Waals surface area contributed by atoms with E-state index < -0.39 is 0 Å². The summed E-state index contributed by atoms with van der Waals surface area (Å²) in [5.74, 6) is 0.176. The van der Waals surface area contributed by atoms with Crippen molar-refractivity contribution >= 4 is 11.8 Å². The third kappa shape index (κ3) is 6.00. The van der Waals surface area contributed by atoms with Gasteiger partial charge in [0, 0.05) is 37.4 Å². The van der Waals surface area contributed by atoms with Gasteiger partial charge in [-0.2, -0.15) is 5.10 Å². The molecule has 2 aromatic rings. The van der Waals surface area contributed by atoms with Gasteiger partial charge in [-0.3, -0.25) is 19.2 Å². The Labute approximate surface area is 195 Å². The molecule has 1 unspecified atom stereocenters. The lowest BCUT2D eigenvalue weighted by molar-refractivity contribution is -0.142. The Hall–Kier alpha value is -2.71. The average Bonchev–Trinajstić information content (AvgIpc) is 3.10. The number of hydrogen-bond donors (Lipinski definition) is 1. The number of ether oxygens (including phenoxy) is 1. The van der Waals surface area contributed by atoms with Crippen LogP contribution in [0.3, 0.4) is 0 Å². The van der Waals surface area contributed by atoms with Gasteiger partial charge in [-0.1, -0.05) is 30.3 Å². The van der Waals surface area contributed by atoms with Crippen LogP contribution in [0.1, 0.15) is 35.4 Å². The number of aromatic nitrogens is 2. The summed E-state index contributed by atoms with van der Waals surface area (Å²) in [6, 6.07) is 10.2. The fourth-order valence-electron chi connectivity index (χ4n) is 4.79. The summed E-state index contributed by atoms with van der Waals surface area (Å²) in [6.45, 7) is 9.63. The highest BCUT2D eigenvalue weighted by Crippen LogP contribution is 2.20. The Kier molecular flexibility index (Phi) is 7.77. The summed E-state index contributed by atoms with van der Waals surface area (Å²) < 4.78 is 7.36. The Morgan fingerprint density at radius 3 is 2.64 bits per heavy atom. The zero-order chi connectivity index (χ0) is 23.2. The third-order valence-electron chi connectivity index (χ3n) is 6.71. The van der Waals surface area contributed by atoms with Crippen LogP contribution >= 0.6 is 0 Å². The molecule has 2 aliphatic rings. The zero-order valence-corrected chi connectivity index (χ0v) is 19.8. The standard InChI is InChI=1S/C25H35N5O3/c1-19-23(20(2)30(27-19)16-21-7-4-3-5-8-21)15-26-24(31)18-28-10-6-9-22(17-28)25(32)29-11-13-33-14-12-29/h3-5,7-8,22H,6,9-18H2,1-2H3,(H,26,31). The number of aryl methyl sites for hydroxylation is 1. The number of carbonyl (C=O) groups excluding carboxylic acids is 2. The Bertz CT molecular complexity index is 952. The number of rotatable bonds is 7. The predicted molar refractivity (Wildman–Crippen MR) is 126 cm³/mol. The highest BCUT2D eigenvalue weighted by molar-refractivity contribution is 5.80. The molecular formula is C25H35N5O3. The number of morpholine rings is 1. The van der Waals surface area contributed by atoms with E-state index in [4.69, 9.17) is 4.74 Å². The minimum absolute atomic E-state index is 0.0101. The number of hydrogen-bond acceptors (Lipinski definition) is 5. The van der Waals surface area contributed by atoms with Crippen LogP contribution in [0.5, 0.6) is 0 Å². The van der Waals surface area contributed by atoms with Crippen molar-refractivity contribution in [2.45, 2.75) is 39.8 Å². The summed E-state index contributed by atoms with van der Waals surface area (Å²) >= 11 is 0. The Balaban J connectivity index is 1.28. The summed E-state index contributed by atoms with van der Waals surface area (Å²) in [7, 11) is 0. The number of likely N-dealkylation sites (tertiary alicyclic amines) is 1. The summed E-state index contributed by atoms with van der Waals surface area (Å²) in [4.78, 5) is 29.6. The molecule has 178 valence electrons. The van der Waals surface area contributed by atoms with Crippen molar-refractivity contribution in [3.05, 3.63) is 52.8 Å². The highest BCUT2D eigenvalue weighted by Gasteiger charge is 2.30. The minimum Gasteiger partial charge on any atom is -0.378 e. The minimum atomic E-state index is -0.0228. The lowest BCUT2D eigenvalue weighted by atomic mass is 9.96. The molecule has 2 fully saturated rings. The van der Waals surface area contributed by atoms with Gasteiger partial charge in [-0.15, -0.1) is 0 Å². The molecule has 8 heteroatoms. The molecule has 2 amide bonds. The first kappa shape index (κ1) is 23.4. The van der Waals surface area contributed by atoms with Crippen molar-refractivity contribution in [2.24, 2.45) is 5.92 Å². The van der Waals surface area contributed by atoms with Crippen molar-refractivity contribution in [2.75, 3.05) is 45.9 Å². The van der Waals surface area contributed by atoms with Gasteiger partial charge in [0.1, 0.15) is 0 Å². The van der Waals surface area contributed by atoms with Crippen LogP contribution in [-0.2, 0) is 27.4 Å². The van der Waals surface area contributed by atoms with Gasteiger partial charge >= 0.3 is 0 Å². The van der Waals surface area contributed by atoms with Gasteiger partial charge in [-0.05, 0) is 38.8 Å². The smallest absolute Gasteiger partial charge is 0.234 e. The molecule has 33 heavy (non-hydrogen) atoms. The molecule has 8 nitrogen and oxygen atoms in total. The maximum atomic E-state index is 12.8. The topological polar surface area (TPSA) is 79.7 Å². The fraction of sp³-hybridized carbons (Fsp3) is 0.560. The van der Waals surface area contributed by atoms with Crippen LogP contribution < -0.4 is 5.32 Å². The third-order valence-corrected chi connectivity index (χ3v) is 6.71. The summed E-state index contributed by atoms with van der Waals surface area (Å²) in [6.07, 6.45) is 1.84. The Morgan fingerprint density at radius 2 is 1.88 bits per heavy atom. The molecule has 2 aliphatic heterocycles. The number of nitrogens with one attached hydrogen (secondary N) is 1.